The number of hydrogen-bond acceptors (Lipinski definition) is 2. The number of aryl methyl sites for hydroxylation is 2. The van der Waals surface area contributed by atoms with Crippen LogP contribution in [-0.2, 0) is 6.42 Å². The van der Waals surface area contributed by atoms with Gasteiger partial charge >= 0.3 is 5.97 Å². The van der Waals surface area contributed by atoms with Crippen molar-refractivity contribution in [2.24, 2.45) is 0 Å². The quantitative estimate of drug-likeness (QED) is 0.822. The van der Waals surface area contributed by atoms with Gasteiger partial charge in [0.1, 0.15) is 0 Å². The number of carboxylic acid groups (broad SMARTS) is 1. The second-order valence-corrected chi connectivity index (χ2v) is 3.49. The highest BCUT2D eigenvalue weighted by Gasteiger charge is 2.17. The number of aromatic nitrogens is 1. The number of carboxylic acids is 1. The smallest absolute Gasteiger partial charge is 0.337 e. The molecule has 0 saturated heterocycles. The molecule has 4 heteroatoms. The molecule has 1 heterocycles. The molecule has 0 amide bonds. The van der Waals surface area contributed by atoms with E-state index in [1.807, 2.05) is 6.92 Å². The van der Waals surface area contributed by atoms with Gasteiger partial charge in [0.25, 0.3) is 0 Å². The topological polar surface area (TPSA) is 50.2 Å². The molecule has 1 rings (SSSR count). The molecule has 0 saturated carbocycles. The first-order valence-corrected chi connectivity index (χ1v) is 4.75. The monoisotopic (exact) mass is 213 g/mol. The molecule has 1 aromatic heterocycles. The van der Waals surface area contributed by atoms with Gasteiger partial charge < -0.3 is 5.11 Å². The van der Waals surface area contributed by atoms with Gasteiger partial charge in [-0.3, -0.25) is 4.98 Å². The van der Waals surface area contributed by atoms with E-state index in [0.717, 1.165) is 5.69 Å². The maximum atomic E-state index is 11.0. The molecule has 0 radical (unpaired) electrons. The Morgan fingerprint density at radius 2 is 2.07 bits per heavy atom. The Hall–Kier alpha value is -1.09. The summed E-state index contributed by atoms with van der Waals surface area (Å²) in [4.78, 5) is 15.2. The van der Waals surface area contributed by atoms with Crippen molar-refractivity contribution in [2.75, 3.05) is 0 Å². The van der Waals surface area contributed by atoms with Crippen LogP contribution in [0.15, 0.2) is 0 Å². The first-order valence-electron chi connectivity index (χ1n) is 4.37. The second-order valence-electron chi connectivity index (χ2n) is 3.12. The summed E-state index contributed by atoms with van der Waals surface area (Å²) < 4.78 is 0. The molecular formula is C10H12ClNO2. The molecule has 76 valence electrons. The predicted octanol–water partition coefficient (Wildman–Crippen LogP) is 2.61. The van der Waals surface area contributed by atoms with Crippen molar-refractivity contribution in [3.8, 4) is 0 Å². The van der Waals surface area contributed by atoms with Gasteiger partial charge in [0.05, 0.1) is 16.3 Å². The van der Waals surface area contributed by atoms with E-state index in [-0.39, 0.29) is 10.6 Å². The summed E-state index contributed by atoms with van der Waals surface area (Å²) in [5.41, 5.74) is 2.21. The number of carbonyl (C=O) groups is 1. The summed E-state index contributed by atoms with van der Waals surface area (Å²) in [5.74, 6) is -0.993. The lowest BCUT2D eigenvalue weighted by Gasteiger charge is -2.10. The molecule has 0 aliphatic rings. The standard InChI is InChI=1S/C10H12ClNO2/c1-4-7-5(2)8(10(13)14)9(11)6(3)12-7/h4H2,1-3H3,(H,13,14). The van der Waals surface area contributed by atoms with Crippen molar-refractivity contribution in [1.29, 1.82) is 0 Å². The average Bonchev–Trinajstić information content (AvgIpc) is 2.11. The first-order chi connectivity index (χ1) is 6.49. The van der Waals surface area contributed by atoms with Crippen LogP contribution in [0.25, 0.3) is 0 Å². The van der Waals surface area contributed by atoms with Crippen LogP contribution >= 0.6 is 11.6 Å². The predicted molar refractivity (Wildman–Crippen MR) is 55.1 cm³/mol. The maximum absolute atomic E-state index is 11.0. The lowest BCUT2D eigenvalue weighted by atomic mass is 10.1. The third-order valence-corrected chi connectivity index (χ3v) is 2.66. The Balaban J connectivity index is 3.53. The number of nitrogens with zero attached hydrogens (tertiary/aromatic N) is 1. The van der Waals surface area contributed by atoms with Crippen molar-refractivity contribution in [2.45, 2.75) is 27.2 Å². The molecule has 14 heavy (non-hydrogen) atoms. The normalized spacial score (nSPS) is 10.3. The van der Waals surface area contributed by atoms with Crippen LogP contribution in [0, 0.1) is 13.8 Å². The number of halogens is 1. The van der Waals surface area contributed by atoms with Crippen LogP contribution < -0.4 is 0 Å². The van der Waals surface area contributed by atoms with E-state index < -0.39 is 5.97 Å². The minimum atomic E-state index is -0.993. The number of rotatable bonds is 2. The zero-order valence-corrected chi connectivity index (χ0v) is 9.14. The van der Waals surface area contributed by atoms with Crippen LogP contribution in [0.3, 0.4) is 0 Å². The van der Waals surface area contributed by atoms with Crippen LogP contribution in [0.5, 0.6) is 0 Å². The van der Waals surface area contributed by atoms with Crippen LogP contribution in [0.2, 0.25) is 5.02 Å². The summed E-state index contributed by atoms with van der Waals surface area (Å²) in [6.45, 7) is 5.39. The highest BCUT2D eigenvalue weighted by atomic mass is 35.5. The van der Waals surface area contributed by atoms with Gasteiger partial charge in [-0.1, -0.05) is 18.5 Å². The number of aromatic carboxylic acids is 1. The average molecular weight is 214 g/mol. The first kappa shape index (κ1) is 11.0. The number of hydrogen-bond donors (Lipinski definition) is 1. The highest BCUT2D eigenvalue weighted by molar-refractivity contribution is 6.34. The van der Waals surface area contributed by atoms with E-state index in [2.05, 4.69) is 4.98 Å². The molecule has 0 aliphatic carbocycles. The lowest BCUT2D eigenvalue weighted by molar-refractivity contribution is 0.0696. The highest BCUT2D eigenvalue weighted by Crippen LogP contribution is 2.24. The Labute approximate surface area is 87.7 Å². The molecule has 3 nitrogen and oxygen atoms in total. The Morgan fingerprint density at radius 3 is 2.50 bits per heavy atom. The molecule has 1 N–H and O–H groups in total. The third kappa shape index (κ3) is 1.73. The lowest BCUT2D eigenvalue weighted by Crippen LogP contribution is -2.07. The molecule has 0 spiro atoms. The third-order valence-electron chi connectivity index (χ3n) is 2.20. The zero-order chi connectivity index (χ0) is 10.9. The minimum Gasteiger partial charge on any atom is -0.478 e. The summed E-state index contributed by atoms with van der Waals surface area (Å²) in [6, 6.07) is 0. The molecule has 0 bridgehead atoms. The van der Waals surface area contributed by atoms with Crippen molar-refractivity contribution >= 4 is 17.6 Å². The summed E-state index contributed by atoms with van der Waals surface area (Å²) >= 11 is 5.88. The minimum absolute atomic E-state index is 0.177. The Morgan fingerprint density at radius 1 is 1.50 bits per heavy atom. The summed E-state index contributed by atoms with van der Waals surface area (Å²) in [6.07, 6.45) is 0.712. The van der Waals surface area contributed by atoms with Gasteiger partial charge in [-0.25, -0.2) is 4.79 Å². The van der Waals surface area contributed by atoms with Crippen LogP contribution in [0.4, 0.5) is 0 Å². The van der Waals surface area contributed by atoms with Gasteiger partial charge in [0, 0.05) is 5.69 Å². The van der Waals surface area contributed by atoms with E-state index in [4.69, 9.17) is 16.7 Å². The molecule has 0 fully saturated rings. The largest absolute Gasteiger partial charge is 0.478 e. The molecular weight excluding hydrogens is 202 g/mol. The van der Waals surface area contributed by atoms with Gasteiger partial charge in [0.2, 0.25) is 0 Å². The van der Waals surface area contributed by atoms with Crippen LogP contribution in [-0.4, -0.2) is 16.1 Å². The summed E-state index contributed by atoms with van der Waals surface area (Å²) in [5, 5.41) is 9.22. The van der Waals surface area contributed by atoms with Gasteiger partial charge in [-0.2, -0.15) is 0 Å². The van der Waals surface area contributed by atoms with Gasteiger partial charge in [0.15, 0.2) is 0 Å². The SMILES string of the molecule is CCc1nc(C)c(Cl)c(C(=O)O)c1C. The fraction of sp³-hybridized carbons (Fsp3) is 0.400. The van der Waals surface area contributed by atoms with E-state index in [1.54, 1.807) is 13.8 Å². The Kier molecular flexibility index (Phi) is 3.11. The fourth-order valence-corrected chi connectivity index (χ4v) is 1.69. The fourth-order valence-electron chi connectivity index (χ4n) is 1.42. The second kappa shape index (κ2) is 3.96. The van der Waals surface area contributed by atoms with Gasteiger partial charge in [-0.05, 0) is 25.8 Å². The van der Waals surface area contributed by atoms with Crippen molar-refractivity contribution in [3.63, 3.8) is 0 Å². The van der Waals surface area contributed by atoms with E-state index in [9.17, 15) is 4.79 Å². The molecule has 0 unspecified atom stereocenters. The van der Waals surface area contributed by atoms with Crippen LogP contribution in [0.1, 0.15) is 34.2 Å². The van der Waals surface area contributed by atoms with Crippen molar-refractivity contribution in [3.05, 3.63) is 27.5 Å². The van der Waals surface area contributed by atoms with E-state index in [0.29, 0.717) is 17.7 Å². The number of pyridine rings is 1. The molecule has 0 aliphatic heterocycles. The Bertz CT molecular complexity index is 388. The molecule has 0 atom stereocenters. The molecule has 1 aromatic rings. The van der Waals surface area contributed by atoms with Crippen molar-refractivity contribution < 1.29 is 9.90 Å². The molecule has 0 aromatic carbocycles. The van der Waals surface area contributed by atoms with E-state index >= 15 is 0 Å². The van der Waals surface area contributed by atoms with Gasteiger partial charge in [-0.15, -0.1) is 0 Å². The van der Waals surface area contributed by atoms with E-state index in [1.165, 1.54) is 0 Å². The zero-order valence-electron chi connectivity index (χ0n) is 8.39. The van der Waals surface area contributed by atoms with Crippen molar-refractivity contribution in [1.82, 2.24) is 4.98 Å². The summed E-state index contributed by atoms with van der Waals surface area (Å²) in [7, 11) is 0. The maximum Gasteiger partial charge on any atom is 0.337 e.